The second-order valence-electron chi connectivity index (χ2n) is 3.39. The number of aldehydes is 2. The zero-order valence-electron chi connectivity index (χ0n) is 10.7. The topological polar surface area (TPSA) is 34.1 Å². The monoisotopic (exact) mass is 224 g/mol. The average molecular weight is 224 g/mol. The van der Waals surface area contributed by atoms with Crippen molar-refractivity contribution in [2.75, 3.05) is 0 Å². The van der Waals surface area contributed by atoms with Crippen LogP contribution in [0.3, 0.4) is 0 Å². The summed E-state index contributed by atoms with van der Waals surface area (Å²) in [5, 5.41) is 0. The molecule has 0 amide bonds. The van der Waals surface area contributed by atoms with Crippen LogP contribution in [-0.2, 0) is 9.59 Å². The molecule has 16 heavy (non-hydrogen) atoms. The molecule has 0 aliphatic heterocycles. The summed E-state index contributed by atoms with van der Waals surface area (Å²) in [5.41, 5.74) is 0.818. The van der Waals surface area contributed by atoms with Crippen molar-refractivity contribution in [3.05, 3.63) is 23.8 Å². The lowest BCUT2D eigenvalue weighted by atomic mass is 10.1. The Labute approximate surface area is 99.4 Å². The van der Waals surface area contributed by atoms with Gasteiger partial charge in [0.05, 0.1) is 0 Å². The van der Waals surface area contributed by atoms with Crippen molar-refractivity contribution in [2.24, 2.45) is 0 Å². The molecular formula is C14H24O2. The van der Waals surface area contributed by atoms with E-state index in [1.54, 1.807) is 0 Å². The number of allylic oxidation sites excluding steroid dienone is 4. The molecule has 0 spiro atoms. The van der Waals surface area contributed by atoms with Crippen molar-refractivity contribution >= 4 is 12.6 Å². The predicted octanol–water partition coefficient (Wildman–Crippen LogP) is 3.86. The molecule has 0 rings (SSSR count). The maximum Gasteiger partial charge on any atom is 0.149 e. The third-order valence-electron chi connectivity index (χ3n) is 1.84. The fraction of sp³-hybridized carbons (Fsp3) is 0.571. The largest absolute Gasteiger partial charge is 0.304 e. The second kappa shape index (κ2) is 16.3. The summed E-state index contributed by atoms with van der Waals surface area (Å²) in [6.07, 6.45) is 13.3. The van der Waals surface area contributed by atoms with Crippen LogP contribution < -0.4 is 0 Å². The van der Waals surface area contributed by atoms with Gasteiger partial charge in [0.2, 0.25) is 0 Å². The molecular weight excluding hydrogens is 200 g/mol. The van der Waals surface area contributed by atoms with Crippen LogP contribution >= 0.6 is 0 Å². The SMILES string of the molecule is CC=O.CCC/C=C(/C=O)C=CCCCC. The zero-order valence-corrected chi connectivity index (χ0v) is 10.7. The van der Waals surface area contributed by atoms with E-state index < -0.39 is 0 Å². The van der Waals surface area contributed by atoms with Crippen LogP contribution in [0.5, 0.6) is 0 Å². The van der Waals surface area contributed by atoms with Crippen LogP contribution in [0.2, 0.25) is 0 Å². The molecule has 0 unspecified atom stereocenters. The molecule has 2 heteroatoms. The fourth-order valence-electron chi connectivity index (χ4n) is 1.01. The quantitative estimate of drug-likeness (QED) is 0.285. The molecule has 0 aliphatic carbocycles. The van der Waals surface area contributed by atoms with E-state index in [0.29, 0.717) is 0 Å². The first-order chi connectivity index (χ1) is 7.76. The lowest BCUT2D eigenvalue weighted by molar-refractivity contribution is -0.106. The molecule has 0 fully saturated rings. The fourth-order valence-corrected chi connectivity index (χ4v) is 1.01. The molecule has 0 aliphatic rings. The van der Waals surface area contributed by atoms with E-state index in [0.717, 1.165) is 37.4 Å². The Kier molecular flexibility index (Phi) is 17.5. The van der Waals surface area contributed by atoms with E-state index in [2.05, 4.69) is 19.9 Å². The summed E-state index contributed by atoms with van der Waals surface area (Å²) >= 11 is 0. The highest BCUT2D eigenvalue weighted by atomic mass is 16.1. The molecule has 0 aromatic heterocycles. The molecule has 0 saturated heterocycles. The van der Waals surface area contributed by atoms with Gasteiger partial charge in [-0.3, -0.25) is 4.79 Å². The van der Waals surface area contributed by atoms with E-state index in [1.165, 1.54) is 19.8 Å². The number of hydrogen-bond acceptors (Lipinski definition) is 2. The molecule has 92 valence electrons. The van der Waals surface area contributed by atoms with Crippen LogP contribution in [0.25, 0.3) is 0 Å². The van der Waals surface area contributed by atoms with Gasteiger partial charge in [-0.2, -0.15) is 0 Å². The number of unbranched alkanes of at least 4 members (excludes halogenated alkanes) is 3. The van der Waals surface area contributed by atoms with E-state index in [4.69, 9.17) is 4.79 Å². The van der Waals surface area contributed by atoms with Gasteiger partial charge < -0.3 is 4.79 Å². The molecule has 0 bridgehead atoms. The Balaban J connectivity index is 0. The van der Waals surface area contributed by atoms with Crippen molar-refractivity contribution < 1.29 is 9.59 Å². The highest BCUT2D eigenvalue weighted by molar-refractivity contribution is 5.77. The Morgan fingerprint density at radius 1 is 1.06 bits per heavy atom. The third kappa shape index (κ3) is 15.3. The van der Waals surface area contributed by atoms with Crippen molar-refractivity contribution in [3.8, 4) is 0 Å². The summed E-state index contributed by atoms with van der Waals surface area (Å²) in [7, 11) is 0. The van der Waals surface area contributed by atoms with Gasteiger partial charge in [0.25, 0.3) is 0 Å². The van der Waals surface area contributed by atoms with Crippen molar-refractivity contribution in [2.45, 2.75) is 52.9 Å². The minimum absolute atomic E-state index is 0.750. The maximum absolute atomic E-state index is 10.6. The van der Waals surface area contributed by atoms with Crippen LogP contribution in [0, 0.1) is 0 Å². The van der Waals surface area contributed by atoms with Gasteiger partial charge >= 0.3 is 0 Å². The van der Waals surface area contributed by atoms with Gasteiger partial charge in [0.1, 0.15) is 12.6 Å². The van der Waals surface area contributed by atoms with Crippen LogP contribution in [0.15, 0.2) is 23.8 Å². The molecule has 2 nitrogen and oxygen atoms in total. The lowest BCUT2D eigenvalue weighted by Crippen LogP contribution is -1.79. The van der Waals surface area contributed by atoms with Gasteiger partial charge in [0.15, 0.2) is 0 Å². The Bertz CT molecular complexity index is 215. The first-order valence-electron chi connectivity index (χ1n) is 5.98. The lowest BCUT2D eigenvalue weighted by Gasteiger charge is -1.91. The Morgan fingerprint density at radius 2 is 1.69 bits per heavy atom. The summed E-state index contributed by atoms with van der Waals surface area (Å²) in [4.78, 5) is 19.4. The minimum atomic E-state index is 0.750. The smallest absolute Gasteiger partial charge is 0.149 e. The van der Waals surface area contributed by atoms with Gasteiger partial charge in [-0.15, -0.1) is 0 Å². The first-order valence-corrected chi connectivity index (χ1v) is 5.98. The summed E-state index contributed by atoms with van der Waals surface area (Å²) < 4.78 is 0. The normalized spacial score (nSPS) is 10.8. The van der Waals surface area contributed by atoms with Crippen molar-refractivity contribution in [3.63, 3.8) is 0 Å². The number of hydrogen-bond donors (Lipinski definition) is 0. The molecule has 0 aromatic rings. The first kappa shape index (κ1) is 17.2. The number of rotatable bonds is 7. The van der Waals surface area contributed by atoms with Gasteiger partial charge in [-0.25, -0.2) is 0 Å². The molecule has 0 radical (unpaired) electrons. The molecule has 0 aromatic carbocycles. The number of carbonyl (C=O) groups is 2. The van der Waals surface area contributed by atoms with Crippen LogP contribution in [-0.4, -0.2) is 12.6 Å². The van der Waals surface area contributed by atoms with Crippen LogP contribution in [0.1, 0.15) is 52.9 Å². The predicted molar refractivity (Wildman–Crippen MR) is 69.5 cm³/mol. The van der Waals surface area contributed by atoms with E-state index in [9.17, 15) is 4.79 Å². The van der Waals surface area contributed by atoms with E-state index in [-0.39, 0.29) is 0 Å². The summed E-state index contributed by atoms with van der Waals surface area (Å²) in [6.45, 7) is 5.72. The summed E-state index contributed by atoms with van der Waals surface area (Å²) in [5.74, 6) is 0. The molecule has 0 atom stereocenters. The molecule has 0 heterocycles. The summed E-state index contributed by atoms with van der Waals surface area (Å²) in [6, 6.07) is 0. The van der Waals surface area contributed by atoms with Gasteiger partial charge in [0, 0.05) is 5.57 Å². The molecule has 0 N–H and O–H groups in total. The maximum atomic E-state index is 10.6. The third-order valence-corrected chi connectivity index (χ3v) is 1.84. The average Bonchev–Trinajstić information content (AvgIpc) is 2.29. The van der Waals surface area contributed by atoms with E-state index >= 15 is 0 Å². The Morgan fingerprint density at radius 3 is 2.12 bits per heavy atom. The zero-order chi connectivity index (χ0) is 12.6. The van der Waals surface area contributed by atoms with E-state index in [1.807, 2.05) is 12.2 Å². The van der Waals surface area contributed by atoms with Gasteiger partial charge in [-0.1, -0.05) is 51.3 Å². The van der Waals surface area contributed by atoms with Gasteiger partial charge in [-0.05, 0) is 19.8 Å². The van der Waals surface area contributed by atoms with Crippen LogP contribution in [0.4, 0.5) is 0 Å². The number of carbonyl (C=O) groups excluding carboxylic acids is 2. The highest BCUT2D eigenvalue weighted by Gasteiger charge is 1.87. The Hall–Kier alpha value is -1.18. The van der Waals surface area contributed by atoms with Crippen molar-refractivity contribution in [1.82, 2.24) is 0 Å². The standard InChI is InChI=1S/C12H20O.C2H4O/c1-3-5-7-8-10-12(11-13)9-6-4-2;1-2-3/h8-11H,3-7H2,1-2H3;2H,1H3/b10-8?,12-9+;. The van der Waals surface area contributed by atoms with Crippen molar-refractivity contribution in [1.29, 1.82) is 0 Å². The minimum Gasteiger partial charge on any atom is -0.304 e. The highest BCUT2D eigenvalue weighted by Crippen LogP contribution is 2.01. The second-order valence-corrected chi connectivity index (χ2v) is 3.39. The molecule has 0 saturated carbocycles.